The van der Waals surface area contributed by atoms with Gasteiger partial charge >= 0.3 is 0 Å². The van der Waals surface area contributed by atoms with Crippen molar-refractivity contribution in [2.45, 2.75) is 24.8 Å². The molecule has 1 aromatic carbocycles. The summed E-state index contributed by atoms with van der Waals surface area (Å²) >= 11 is 0. The van der Waals surface area contributed by atoms with Gasteiger partial charge in [0.05, 0.1) is 6.04 Å². The molecule has 1 amide bonds. The van der Waals surface area contributed by atoms with Crippen LogP contribution < -0.4 is 5.32 Å². The highest BCUT2D eigenvalue weighted by Crippen LogP contribution is 2.16. The van der Waals surface area contributed by atoms with Gasteiger partial charge in [-0.25, -0.2) is 0 Å². The van der Waals surface area contributed by atoms with Gasteiger partial charge in [0.2, 0.25) is 0 Å². The second-order valence-electron chi connectivity index (χ2n) is 4.62. The maximum absolute atomic E-state index is 12.1. The number of carbonyl (C=O) groups is 1. The number of hydrogen-bond acceptors (Lipinski definition) is 3. The van der Waals surface area contributed by atoms with Crippen LogP contribution in [-0.2, 0) is 10.8 Å². The number of amides is 1. The van der Waals surface area contributed by atoms with Crippen molar-refractivity contribution in [1.29, 1.82) is 0 Å². The highest BCUT2D eigenvalue weighted by Gasteiger charge is 2.14. The van der Waals surface area contributed by atoms with Crippen molar-refractivity contribution in [2.24, 2.45) is 0 Å². The third-order valence-corrected chi connectivity index (χ3v) is 3.92. The van der Waals surface area contributed by atoms with E-state index in [4.69, 9.17) is 4.42 Å². The van der Waals surface area contributed by atoms with Gasteiger partial charge in [0.1, 0.15) is 11.5 Å². The van der Waals surface area contributed by atoms with E-state index in [9.17, 15) is 9.00 Å². The number of furan rings is 1. The van der Waals surface area contributed by atoms with Crippen LogP contribution in [0.5, 0.6) is 0 Å². The number of rotatable bonds is 4. The lowest BCUT2D eigenvalue weighted by Crippen LogP contribution is -2.26. The second-order valence-corrected chi connectivity index (χ2v) is 6.00. The van der Waals surface area contributed by atoms with E-state index >= 15 is 0 Å². The first-order valence-electron chi connectivity index (χ1n) is 6.28. The van der Waals surface area contributed by atoms with E-state index in [0.29, 0.717) is 10.5 Å². The minimum atomic E-state index is -1.03. The zero-order chi connectivity index (χ0) is 14.7. The maximum atomic E-state index is 12.1. The Morgan fingerprint density at radius 2 is 1.85 bits per heavy atom. The summed E-state index contributed by atoms with van der Waals surface area (Å²) < 4.78 is 16.8. The van der Waals surface area contributed by atoms with Crippen LogP contribution >= 0.6 is 0 Å². The van der Waals surface area contributed by atoms with Crippen molar-refractivity contribution in [2.75, 3.05) is 6.26 Å². The van der Waals surface area contributed by atoms with E-state index in [2.05, 4.69) is 5.32 Å². The summed E-state index contributed by atoms with van der Waals surface area (Å²) in [5.41, 5.74) is 0.536. The van der Waals surface area contributed by atoms with Crippen molar-refractivity contribution in [3.63, 3.8) is 0 Å². The molecule has 106 valence electrons. The van der Waals surface area contributed by atoms with Gasteiger partial charge in [0.25, 0.3) is 5.91 Å². The molecule has 20 heavy (non-hydrogen) atoms. The quantitative estimate of drug-likeness (QED) is 0.942. The molecule has 0 spiro atoms. The third kappa shape index (κ3) is 3.36. The molecule has 0 aliphatic rings. The SMILES string of the molecule is Cc1ccc([C@H](C)NC(=O)c2ccc([S@@](C)=O)cc2)o1. The third-order valence-electron chi connectivity index (χ3n) is 2.98. The summed E-state index contributed by atoms with van der Waals surface area (Å²) in [6.07, 6.45) is 1.61. The Kier molecular flexibility index (Phi) is 4.39. The topological polar surface area (TPSA) is 59.3 Å². The van der Waals surface area contributed by atoms with Crippen LogP contribution in [0.4, 0.5) is 0 Å². The molecule has 2 aromatic rings. The molecule has 1 heterocycles. The van der Waals surface area contributed by atoms with Gasteiger partial charge in [-0.1, -0.05) is 0 Å². The standard InChI is InChI=1S/C15H17NO3S/c1-10-4-9-14(19-10)11(2)16-15(17)12-5-7-13(8-6-12)20(3)18/h4-9,11H,1-3H3,(H,16,17)/t11-,20+/m0/s1. The summed E-state index contributed by atoms with van der Waals surface area (Å²) in [6.45, 7) is 3.73. The molecule has 0 fully saturated rings. The van der Waals surface area contributed by atoms with Crippen LogP contribution in [-0.4, -0.2) is 16.4 Å². The first kappa shape index (κ1) is 14.5. The van der Waals surface area contributed by atoms with E-state index in [1.165, 1.54) is 0 Å². The molecule has 2 atom stereocenters. The van der Waals surface area contributed by atoms with Crippen molar-refractivity contribution < 1.29 is 13.4 Å². The Morgan fingerprint density at radius 1 is 1.20 bits per heavy atom. The van der Waals surface area contributed by atoms with Crippen molar-refractivity contribution >= 4 is 16.7 Å². The Hall–Kier alpha value is -1.88. The van der Waals surface area contributed by atoms with Gasteiger partial charge in [-0.05, 0) is 50.2 Å². The molecule has 0 aliphatic carbocycles. The fraction of sp³-hybridized carbons (Fsp3) is 0.267. The van der Waals surface area contributed by atoms with Crippen molar-refractivity contribution in [1.82, 2.24) is 5.32 Å². The van der Waals surface area contributed by atoms with Crippen molar-refractivity contribution in [3.05, 3.63) is 53.5 Å². The van der Waals surface area contributed by atoms with E-state index < -0.39 is 10.8 Å². The number of nitrogens with one attached hydrogen (secondary N) is 1. The lowest BCUT2D eigenvalue weighted by molar-refractivity contribution is 0.0935. The summed E-state index contributed by atoms with van der Waals surface area (Å²) in [5, 5.41) is 2.87. The molecule has 0 aliphatic heterocycles. The summed E-state index contributed by atoms with van der Waals surface area (Å²) in [7, 11) is -1.03. The minimum Gasteiger partial charge on any atom is -0.464 e. The van der Waals surface area contributed by atoms with Gasteiger partial charge in [-0.15, -0.1) is 0 Å². The molecular formula is C15H17NO3S. The lowest BCUT2D eigenvalue weighted by Gasteiger charge is -2.11. The fourth-order valence-electron chi connectivity index (χ4n) is 1.84. The monoisotopic (exact) mass is 291 g/mol. The molecule has 0 unspecified atom stereocenters. The summed E-state index contributed by atoms with van der Waals surface area (Å²) in [4.78, 5) is 12.8. The number of benzene rings is 1. The molecule has 4 nitrogen and oxygen atoms in total. The Balaban J connectivity index is 2.06. The Morgan fingerprint density at radius 3 is 2.35 bits per heavy atom. The van der Waals surface area contributed by atoms with E-state index in [1.54, 1.807) is 30.5 Å². The molecule has 1 aromatic heterocycles. The Labute approximate surface area is 120 Å². The summed E-state index contributed by atoms with van der Waals surface area (Å²) in [6, 6.07) is 10.3. The van der Waals surface area contributed by atoms with E-state index in [1.807, 2.05) is 26.0 Å². The molecule has 0 saturated heterocycles. The predicted octanol–water partition coefficient (Wildman–Crippen LogP) is 2.82. The number of aryl methyl sites for hydroxylation is 1. The predicted molar refractivity (Wildman–Crippen MR) is 78.1 cm³/mol. The van der Waals surface area contributed by atoms with Crippen LogP contribution in [0.25, 0.3) is 0 Å². The zero-order valence-electron chi connectivity index (χ0n) is 11.7. The van der Waals surface area contributed by atoms with Crippen molar-refractivity contribution in [3.8, 4) is 0 Å². The zero-order valence-corrected chi connectivity index (χ0v) is 12.5. The van der Waals surface area contributed by atoms with E-state index in [0.717, 1.165) is 11.5 Å². The smallest absolute Gasteiger partial charge is 0.251 e. The van der Waals surface area contributed by atoms with Crippen LogP contribution in [0.2, 0.25) is 0 Å². The Bertz CT molecular complexity index is 631. The first-order chi connectivity index (χ1) is 9.47. The van der Waals surface area contributed by atoms with Crippen LogP contribution in [0, 0.1) is 6.92 Å². The van der Waals surface area contributed by atoms with Crippen LogP contribution in [0.1, 0.15) is 34.8 Å². The van der Waals surface area contributed by atoms with Gasteiger partial charge in [0, 0.05) is 27.5 Å². The highest BCUT2D eigenvalue weighted by molar-refractivity contribution is 7.84. The minimum absolute atomic E-state index is 0.181. The van der Waals surface area contributed by atoms with Crippen LogP contribution in [0.3, 0.4) is 0 Å². The van der Waals surface area contributed by atoms with Crippen LogP contribution in [0.15, 0.2) is 45.7 Å². The molecule has 0 radical (unpaired) electrons. The number of hydrogen-bond donors (Lipinski definition) is 1. The summed E-state index contributed by atoms with van der Waals surface area (Å²) in [5.74, 6) is 1.36. The van der Waals surface area contributed by atoms with Gasteiger partial charge < -0.3 is 9.73 Å². The lowest BCUT2D eigenvalue weighted by atomic mass is 10.2. The average molecular weight is 291 g/mol. The van der Waals surface area contributed by atoms with Gasteiger partial charge in [0.15, 0.2) is 0 Å². The molecule has 0 bridgehead atoms. The van der Waals surface area contributed by atoms with Gasteiger partial charge in [-0.3, -0.25) is 9.00 Å². The molecule has 1 N–H and O–H groups in total. The molecule has 0 saturated carbocycles. The maximum Gasteiger partial charge on any atom is 0.251 e. The molecular weight excluding hydrogens is 274 g/mol. The average Bonchev–Trinajstić information content (AvgIpc) is 2.85. The van der Waals surface area contributed by atoms with E-state index in [-0.39, 0.29) is 11.9 Å². The molecule has 5 heteroatoms. The molecule has 2 rings (SSSR count). The normalized spacial score (nSPS) is 13.8. The van der Waals surface area contributed by atoms with Gasteiger partial charge in [-0.2, -0.15) is 0 Å². The highest BCUT2D eigenvalue weighted by atomic mass is 32.2. The largest absolute Gasteiger partial charge is 0.464 e. The number of carbonyl (C=O) groups excluding carboxylic acids is 1. The first-order valence-corrected chi connectivity index (χ1v) is 7.84. The second kappa shape index (κ2) is 6.05. The fourth-order valence-corrected chi connectivity index (χ4v) is 2.35.